The number of aliphatic hydroxyl groups excluding tert-OH is 1. The third-order valence-corrected chi connectivity index (χ3v) is 2.06. The van der Waals surface area contributed by atoms with Crippen molar-refractivity contribution < 1.29 is 9.84 Å². The minimum Gasteiger partial charge on any atom is -0.481 e. The van der Waals surface area contributed by atoms with Crippen LogP contribution in [0.2, 0.25) is 0 Å². The van der Waals surface area contributed by atoms with E-state index in [2.05, 4.69) is 11.2 Å². The fourth-order valence-corrected chi connectivity index (χ4v) is 1.31. The van der Waals surface area contributed by atoms with Gasteiger partial charge in [-0.25, -0.2) is 0 Å². The van der Waals surface area contributed by atoms with E-state index in [-0.39, 0.29) is 6.61 Å². The summed E-state index contributed by atoms with van der Waals surface area (Å²) in [5, 5.41) is 11.9. The number of benzene rings is 1. The van der Waals surface area contributed by atoms with E-state index in [9.17, 15) is 0 Å². The zero-order valence-electron chi connectivity index (χ0n) is 9.28. The molecule has 1 aromatic rings. The lowest BCUT2D eigenvalue weighted by molar-refractivity contribution is 0.286. The van der Waals surface area contributed by atoms with Crippen molar-refractivity contribution in [3.8, 4) is 18.1 Å². The molecule has 0 amide bonds. The molecule has 0 aliphatic rings. The molecule has 3 heteroatoms. The van der Waals surface area contributed by atoms with Crippen LogP contribution in [0, 0.1) is 12.3 Å². The third-order valence-electron chi connectivity index (χ3n) is 2.06. The summed E-state index contributed by atoms with van der Waals surface area (Å²) in [7, 11) is 0. The van der Waals surface area contributed by atoms with Gasteiger partial charge in [-0.05, 0) is 30.7 Å². The van der Waals surface area contributed by atoms with Crippen LogP contribution >= 0.6 is 0 Å². The minimum absolute atomic E-state index is 0.221. The van der Waals surface area contributed by atoms with Crippen molar-refractivity contribution >= 4 is 0 Å². The van der Waals surface area contributed by atoms with E-state index < -0.39 is 0 Å². The van der Waals surface area contributed by atoms with Crippen LogP contribution in [0.4, 0.5) is 0 Å². The Labute approximate surface area is 96.4 Å². The van der Waals surface area contributed by atoms with Crippen LogP contribution < -0.4 is 10.1 Å². The molecule has 0 saturated heterocycles. The number of ether oxygens (including phenoxy) is 1. The predicted octanol–water partition coefficient (Wildman–Crippen LogP) is 1.17. The van der Waals surface area contributed by atoms with Crippen molar-refractivity contribution in [3.05, 3.63) is 29.8 Å². The van der Waals surface area contributed by atoms with Crippen molar-refractivity contribution in [2.75, 3.05) is 19.8 Å². The van der Waals surface area contributed by atoms with Gasteiger partial charge in [-0.1, -0.05) is 18.1 Å². The summed E-state index contributed by atoms with van der Waals surface area (Å²) in [6, 6.07) is 7.81. The van der Waals surface area contributed by atoms with Crippen LogP contribution in [0.15, 0.2) is 24.3 Å². The lowest BCUT2D eigenvalue weighted by atomic mass is 10.2. The van der Waals surface area contributed by atoms with E-state index in [1.54, 1.807) is 0 Å². The van der Waals surface area contributed by atoms with E-state index in [0.29, 0.717) is 6.61 Å². The average Bonchev–Trinajstić information content (AvgIpc) is 2.33. The Kier molecular flexibility index (Phi) is 6.09. The molecule has 86 valence electrons. The Hall–Kier alpha value is -1.50. The number of hydrogen-bond acceptors (Lipinski definition) is 3. The molecular formula is C13H17NO2. The minimum atomic E-state index is 0.221. The van der Waals surface area contributed by atoms with Crippen LogP contribution in [0.5, 0.6) is 5.75 Å². The van der Waals surface area contributed by atoms with Crippen LogP contribution in [-0.2, 0) is 6.54 Å². The molecule has 3 nitrogen and oxygen atoms in total. The maximum Gasteiger partial charge on any atom is 0.148 e. The molecule has 2 N–H and O–H groups in total. The Balaban J connectivity index is 2.38. The van der Waals surface area contributed by atoms with E-state index in [1.165, 1.54) is 0 Å². The Morgan fingerprint density at radius 2 is 2.31 bits per heavy atom. The molecule has 0 fully saturated rings. The topological polar surface area (TPSA) is 41.5 Å². The smallest absolute Gasteiger partial charge is 0.148 e. The fraction of sp³-hybridized carbons (Fsp3) is 0.385. The molecule has 16 heavy (non-hydrogen) atoms. The van der Waals surface area contributed by atoms with Crippen LogP contribution in [-0.4, -0.2) is 24.9 Å². The van der Waals surface area contributed by atoms with Gasteiger partial charge in [0.05, 0.1) is 0 Å². The number of aliphatic hydroxyl groups is 1. The second kappa shape index (κ2) is 7.75. The molecule has 1 rings (SSSR count). The fourth-order valence-electron chi connectivity index (χ4n) is 1.31. The van der Waals surface area contributed by atoms with Crippen molar-refractivity contribution in [1.82, 2.24) is 5.32 Å². The summed E-state index contributed by atoms with van der Waals surface area (Å²) < 4.78 is 5.32. The zero-order chi connectivity index (χ0) is 11.6. The normalized spacial score (nSPS) is 9.75. The lowest BCUT2D eigenvalue weighted by Gasteiger charge is -2.06. The Morgan fingerprint density at radius 1 is 1.44 bits per heavy atom. The van der Waals surface area contributed by atoms with E-state index in [0.717, 1.165) is 30.8 Å². The van der Waals surface area contributed by atoms with Crippen LogP contribution in [0.3, 0.4) is 0 Å². The largest absolute Gasteiger partial charge is 0.481 e. The highest BCUT2D eigenvalue weighted by Crippen LogP contribution is 2.12. The van der Waals surface area contributed by atoms with Crippen LogP contribution in [0.1, 0.15) is 12.0 Å². The molecular weight excluding hydrogens is 202 g/mol. The number of terminal acetylenes is 1. The quantitative estimate of drug-likeness (QED) is 0.534. The highest BCUT2D eigenvalue weighted by Gasteiger charge is 1.96. The number of rotatable bonds is 7. The molecule has 0 heterocycles. The highest BCUT2D eigenvalue weighted by molar-refractivity contribution is 5.28. The second-order valence-electron chi connectivity index (χ2n) is 3.39. The summed E-state index contributed by atoms with van der Waals surface area (Å²) in [6.07, 6.45) is 5.89. The first-order chi connectivity index (χ1) is 7.86. The molecule has 1 aromatic carbocycles. The first-order valence-corrected chi connectivity index (χ1v) is 5.33. The summed E-state index contributed by atoms with van der Waals surface area (Å²) >= 11 is 0. The lowest BCUT2D eigenvalue weighted by Crippen LogP contribution is -2.15. The Bertz CT molecular complexity index is 344. The van der Waals surface area contributed by atoms with Gasteiger partial charge in [-0.2, -0.15) is 0 Å². The number of hydrogen-bond donors (Lipinski definition) is 2. The van der Waals surface area contributed by atoms with Gasteiger partial charge in [0.15, 0.2) is 0 Å². The van der Waals surface area contributed by atoms with Gasteiger partial charge in [-0.3, -0.25) is 0 Å². The van der Waals surface area contributed by atoms with Gasteiger partial charge in [-0.15, -0.1) is 6.42 Å². The molecule has 0 unspecified atom stereocenters. The maximum atomic E-state index is 8.63. The number of nitrogens with one attached hydrogen (secondary N) is 1. The maximum absolute atomic E-state index is 8.63. The molecule has 0 aliphatic carbocycles. The Morgan fingerprint density at radius 3 is 3.06 bits per heavy atom. The van der Waals surface area contributed by atoms with Crippen molar-refractivity contribution in [3.63, 3.8) is 0 Å². The van der Waals surface area contributed by atoms with Gasteiger partial charge < -0.3 is 15.2 Å². The van der Waals surface area contributed by atoms with E-state index >= 15 is 0 Å². The SMILES string of the molecule is C#CCOc1cccc(CNCCCO)c1. The van der Waals surface area contributed by atoms with Crippen molar-refractivity contribution in [1.29, 1.82) is 0 Å². The van der Waals surface area contributed by atoms with Gasteiger partial charge in [0.2, 0.25) is 0 Å². The van der Waals surface area contributed by atoms with Crippen LogP contribution in [0.25, 0.3) is 0 Å². The average molecular weight is 219 g/mol. The standard InChI is InChI=1S/C13H17NO2/c1-2-9-16-13-6-3-5-12(10-13)11-14-7-4-8-15/h1,3,5-6,10,14-15H,4,7-9,11H2. The van der Waals surface area contributed by atoms with Gasteiger partial charge >= 0.3 is 0 Å². The van der Waals surface area contributed by atoms with Crippen molar-refractivity contribution in [2.45, 2.75) is 13.0 Å². The first kappa shape index (κ1) is 12.6. The van der Waals surface area contributed by atoms with E-state index in [1.807, 2.05) is 24.3 Å². The van der Waals surface area contributed by atoms with E-state index in [4.69, 9.17) is 16.3 Å². The molecule has 0 atom stereocenters. The first-order valence-electron chi connectivity index (χ1n) is 5.33. The van der Waals surface area contributed by atoms with Gasteiger partial charge in [0.1, 0.15) is 12.4 Å². The molecule has 0 radical (unpaired) electrons. The molecule has 0 aliphatic heterocycles. The predicted molar refractivity (Wildman–Crippen MR) is 64.2 cm³/mol. The monoisotopic (exact) mass is 219 g/mol. The van der Waals surface area contributed by atoms with Gasteiger partial charge in [0, 0.05) is 13.2 Å². The van der Waals surface area contributed by atoms with Gasteiger partial charge in [0.25, 0.3) is 0 Å². The summed E-state index contributed by atoms with van der Waals surface area (Å²) in [5.74, 6) is 3.22. The zero-order valence-corrected chi connectivity index (χ0v) is 9.28. The summed E-state index contributed by atoms with van der Waals surface area (Å²) in [4.78, 5) is 0. The third kappa shape index (κ3) is 4.83. The highest BCUT2D eigenvalue weighted by atomic mass is 16.5. The summed E-state index contributed by atoms with van der Waals surface area (Å²) in [6.45, 7) is 2.10. The second-order valence-corrected chi connectivity index (χ2v) is 3.39. The molecule has 0 bridgehead atoms. The molecule has 0 aromatic heterocycles. The summed E-state index contributed by atoms with van der Waals surface area (Å²) in [5.41, 5.74) is 1.15. The molecule has 0 spiro atoms. The molecule has 0 saturated carbocycles. The van der Waals surface area contributed by atoms with Crippen molar-refractivity contribution in [2.24, 2.45) is 0 Å².